The molecule has 0 unspecified atom stereocenters. The van der Waals surface area contributed by atoms with Gasteiger partial charge in [-0.3, -0.25) is 0 Å². The van der Waals surface area contributed by atoms with E-state index in [0.29, 0.717) is 21.7 Å². The average Bonchev–Trinajstić information content (AvgIpc) is 3.05. The second-order valence-corrected chi connectivity index (χ2v) is 7.17. The summed E-state index contributed by atoms with van der Waals surface area (Å²) in [5.41, 5.74) is 0.655. The largest absolute Gasteiger partial charge is 0.335 e. The summed E-state index contributed by atoms with van der Waals surface area (Å²) in [6.07, 6.45) is 5.32. The monoisotopic (exact) mass is 326 g/mol. The van der Waals surface area contributed by atoms with Gasteiger partial charge in [-0.25, -0.2) is 4.79 Å². The van der Waals surface area contributed by atoms with Crippen LogP contribution in [0.25, 0.3) is 0 Å². The zero-order valence-corrected chi connectivity index (χ0v) is 13.5. The Morgan fingerprint density at radius 2 is 2.05 bits per heavy atom. The van der Waals surface area contributed by atoms with Crippen LogP contribution in [-0.4, -0.2) is 12.1 Å². The molecule has 1 aromatic rings. The molecule has 2 aliphatic carbocycles. The number of rotatable bonds is 3. The molecule has 0 aliphatic heterocycles. The van der Waals surface area contributed by atoms with Crippen LogP contribution in [0.1, 0.15) is 32.6 Å². The van der Waals surface area contributed by atoms with Crippen molar-refractivity contribution in [2.24, 2.45) is 17.8 Å². The normalized spacial score (nSPS) is 28.4. The van der Waals surface area contributed by atoms with Crippen molar-refractivity contribution in [3.8, 4) is 0 Å². The fourth-order valence-corrected chi connectivity index (χ4v) is 4.26. The van der Waals surface area contributed by atoms with Gasteiger partial charge in [0.05, 0.1) is 10.0 Å². The van der Waals surface area contributed by atoms with E-state index in [4.69, 9.17) is 23.2 Å². The van der Waals surface area contributed by atoms with Gasteiger partial charge >= 0.3 is 6.03 Å². The molecule has 21 heavy (non-hydrogen) atoms. The summed E-state index contributed by atoms with van der Waals surface area (Å²) < 4.78 is 0. The molecule has 2 bridgehead atoms. The lowest BCUT2D eigenvalue weighted by atomic mass is 9.84. The number of hydrogen-bond acceptors (Lipinski definition) is 1. The fourth-order valence-electron chi connectivity index (χ4n) is 3.96. The van der Waals surface area contributed by atoms with E-state index in [1.54, 1.807) is 18.2 Å². The Kier molecular flexibility index (Phi) is 4.32. The standard InChI is InChI=1S/C16H20Cl2N2O/c1-9(13-7-10-2-3-11(13)6-10)19-16(21)20-12-4-5-14(17)15(18)8-12/h4-5,8-11,13H,2-3,6-7H2,1H3,(H2,19,20,21)/t9-,10+,11+,13-/m0/s1. The third-order valence-corrected chi connectivity index (χ3v) is 5.71. The van der Waals surface area contributed by atoms with Gasteiger partial charge in [-0.1, -0.05) is 29.6 Å². The number of fused-ring (bicyclic) bond motifs is 2. The summed E-state index contributed by atoms with van der Waals surface area (Å²) in [7, 11) is 0. The van der Waals surface area contributed by atoms with Crippen molar-refractivity contribution >= 4 is 34.9 Å². The second-order valence-electron chi connectivity index (χ2n) is 6.35. The van der Waals surface area contributed by atoms with Gasteiger partial charge in [0.1, 0.15) is 0 Å². The summed E-state index contributed by atoms with van der Waals surface area (Å²) in [4.78, 5) is 12.1. The van der Waals surface area contributed by atoms with E-state index in [9.17, 15) is 4.79 Å². The van der Waals surface area contributed by atoms with Crippen LogP contribution in [0.4, 0.5) is 10.5 Å². The van der Waals surface area contributed by atoms with E-state index in [2.05, 4.69) is 17.6 Å². The first-order chi connectivity index (χ1) is 10.0. The highest BCUT2D eigenvalue weighted by Gasteiger charge is 2.42. The molecule has 2 fully saturated rings. The predicted octanol–water partition coefficient (Wildman–Crippen LogP) is 4.94. The number of carbonyl (C=O) groups excluding carboxylic acids is 1. The Labute approximate surface area is 135 Å². The SMILES string of the molecule is C[C@H](NC(=O)Nc1ccc(Cl)c(Cl)c1)[C@@H]1C[C@@H]2CC[C@@H]1C2. The van der Waals surface area contributed by atoms with Crippen LogP contribution in [0.2, 0.25) is 10.0 Å². The molecule has 0 saturated heterocycles. The van der Waals surface area contributed by atoms with Gasteiger partial charge < -0.3 is 10.6 Å². The zero-order valence-electron chi connectivity index (χ0n) is 12.0. The maximum atomic E-state index is 12.1. The summed E-state index contributed by atoms with van der Waals surface area (Å²) in [6.45, 7) is 2.11. The molecule has 0 spiro atoms. The highest BCUT2D eigenvalue weighted by atomic mass is 35.5. The first-order valence-electron chi connectivity index (χ1n) is 7.55. The van der Waals surface area contributed by atoms with Gasteiger partial charge in [-0.05, 0) is 62.1 Å². The molecule has 2 N–H and O–H groups in total. The van der Waals surface area contributed by atoms with Crippen LogP contribution >= 0.6 is 23.2 Å². The number of anilines is 1. The van der Waals surface area contributed by atoms with Crippen LogP contribution in [0.15, 0.2) is 18.2 Å². The lowest BCUT2D eigenvalue weighted by Crippen LogP contribution is -2.42. The highest BCUT2D eigenvalue weighted by Crippen LogP contribution is 2.49. The molecule has 0 heterocycles. The number of nitrogens with one attached hydrogen (secondary N) is 2. The van der Waals surface area contributed by atoms with E-state index < -0.39 is 0 Å². The van der Waals surface area contributed by atoms with Gasteiger partial charge in [0.2, 0.25) is 0 Å². The second kappa shape index (κ2) is 6.05. The number of amides is 2. The minimum atomic E-state index is -0.177. The molecular formula is C16H20Cl2N2O. The minimum absolute atomic E-state index is 0.177. The fraction of sp³-hybridized carbons (Fsp3) is 0.562. The van der Waals surface area contributed by atoms with E-state index >= 15 is 0 Å². The third-order valence-electron chi connectivity index (χ3n) is 4.97. The van der Waals surface area contributed by atoms with Gasteiger partial charge in [0.15, 0.2) is 0 Å². The van der Waals surface area contributed by atoms with E-state index in [-0.39, 0.29) is 12.1 Å². The van der Waals surface area contributed by atoms with E-state index in [1.807, 2.05) is 0 Å². The van der Waals surface area contributed by atoms with Crippen molar-refractivity contribution in [2.45, 2.75) is 38.6 Å². The Morgan fingerprint density at radius 3 is 2.67 bits per heavy atom. The molecule has 5 heteroatoms. The van der Waals surface area contributed by atoms with Crippen LogP contribution in [-0.2, 0) is 0 Å². The Balaban J connectivity index is 1.55. The van der Waals surface area contributed by atoms with Gasteiger partial charge in [-0.15, -0.1) is 0 Å². The molecule has 2 saturated carbocycles. The quantitative estimate of drug-likeness (QED) is 0.811. The average molecular weight is 327 g/mol. The summed E-state index contributed by atoms with van der Waals surface area (Å²) >= 11 is 11.8. The first kappa shape index (κ1) is 15.0. The van der Waals surface area contributed by atoms with Crippen LogP contribution in [0, 0.1) is 17.8 Å². The lowest BCUT2D eigenvalue weighted by molar-refractivity contribution is 0.230. The van der Waals surface area contributed by atoms with E-state index in [0.717, 1.165) is 11.8 Å². The van der Waals surface area contributed by atoms with Gasteiger partial charge in [-0.2, -0.15) is 0 Å². The molecule has 4 atom stereocenters. The molecule has 0 aromatic heterocycles. The van der Waals surface area contributed by atoms with Gasteiger partial charge in [0, 0.05) is 11.7 Å². The molecule has 2 aliphatic rings. The number of halogens is 2. The topological polar surface area (TPSA) is 41.1 Å². The maximum absolute atomic E-state index is 12.1. The van der Waals surface area contributed by atoms with Crippen molar-refractivity contribution in [3.63, 3.8) is 0 Å². The molecular weight excluding hydrogens is 307 g/mol. The number of urea groups is 1. The Morgan fingerprint density at radius 1 is 1.24 bits per heavy atom. The number of carbonyl (C=O) groups is 1. The summed E-state index contributed by atoms with van der Waals surface area (Å²) in [5, 5.41) is 6.80. The van der Waals surface area contributed by atoms with Crippen LogP contribution in [0.5, 0.6) is 0 Å². The van der Waals surface area contributed by atoms with Crippen molar-refractivity contribution in [1.29, 1.82) is 0 Å². The van der Waals surface area contributed by atoms with Crippen molar-refractivity contribution in [1.82, 2.24) is 5.32 Å². The van der Waals surface area contributed by atoms with Crippen LogP contribution < -0.4 is 10.6 Å². The Bertz CT molecular complexity index is 549. The summed E-state index contributed by atoms with van der Waals surface area (Å²) in [5.74, 6) is 2.32. The summed E-state index contributed by atoms with van der Waals surface area (Å²) in [6, 6.07) is 5.12. The highest BCUT2D eigenvalue weighted by molar-refractivity contribution is 6.42. The van der Waals surface area contributed by atoms with Crippen molar-refractivity contribution in [3.05, 3.63) is 28.2 Å². The molecule has 3 nitrogen and oxygen atoms in total. The lowest BCUT2D eigenvalue weighted by Gasteiger charge is -2.28. The maximum Gasteiger partial charge on any atom is 0.319 e. The molecule has 0 radical (unpaired) electrons. The van der Waals surface area contributed by atoms with E-state index in [1.165, 1.54) is 25.7 Å². The molecule has 1 aromatic carbocycles. The van der Waals surface area contributed by atoms with Crippen LogP contribution in [0.3, 0.4) is 0 Å². The number of hydrogen-bond donors (Lipinski definition) is 2. The minimum Gasteiger partial charge on any atom is -0.335 e. The zero-order chi connectivity index (χ0) is 15.0. The van der Waals surface area contributed by atoms with Gasteiger partial charge in [0.25, 0.3) is 0 Å². The predicted molar refractivity (Wildman–Crippen MR) is 87.0 cm³/mol. The molecule has 3 rings (SSSR count). The third kappa shape index (κ3) is 3.29. The van der Waals surface area contributed by atoms with Crippen molar-refractivity contribution < 1.29 is 4.79 Å². The molecule has 2 amide bonds. The first-order valence-corrected chi connectivity index (χ1v) is 8.31. The Hall–Kier alpha value is -0.930. The molecule has 114 valence electrons. The smallest absolute Gasteiger partial charge is 0.319 e. The van der Waals surface area contributed by atoms with Crippen molar-refractivity contribution in [2.75, 3.05) is 5.32 Å². The number of benzene rings is 1.